The normalized spacial score (nSPS) is 25.9. The maximum Gasteiger partial charge on any atom is 0.167 e. The predicted molar refractivity (Wildman–Crippen MR) is 77.2 cm³/mol. The second kappa shape index (κ2) is 5.54. The standard InChI is InChI=1S/C16H23F2NO2/c1-15(2)10-19(8-7-16(15,3)20)9-11-13(21-4)6-5-12(17)14(11)18/h5-6,20H,7-10H2,1-4H3/t16-/m1/s1. The molecule has 1 aromatic rings. The van der Waals surface area contributed by atoms with Crippen molar-refractivity contribution in [3.05, 3.63) is 29.3 Å². The molecule has 1 saturated heterocycles. The number of methoxy groups -OCH3 is 1. The number of rotatable bonds is 3. The number of nitrogens with zero attached hydrogens (tertiary/aromatic N) is 1. The first-order chi connectivity index (χ1) is 9.68. The SMILES string of the molecule is COc1ccc(F)c(F)c1CN1CC[C@@](C)(O)C(C)(C)C1. The molecule has 5 heteroatoms. The van der Waals surface area contributed by atoms with Crippen LogP contribution in [0.2, 0.25) is 0 Å². The summed E-state index contributed by atoms with van der Waals surface area (Å²) in [5.74, 6) is -1.37. The van der Waals surface area contributed by atoms with E-state index in [2.05, 4.69) is 0 Å². The van der Waals surface area contributed by atoms with Crippen molar-refractivity contribution < 1.29 is 18.6 Å². The molecule has 0 aliphatic carbocycles. The third-order valence-corrected chi connectivity index (χ3v) is 4.75. The van der Waals surface area contributed by atoms with Gasteiger partial charge in [-0.05, 0) is 25.5 Å². The fraction of sp³-hybridized carbons (Fsp3) is 0.625. The highest BCUT2D eigenvalue weighted by Gasteiger charge is 2.44. The van der Waals surface area contributed by atoms with Crippen molar-refractivity contribution in [1.82, 2.24) is 4.90 Å². The van der Waals surface area contributed by atoms with Crippen molar-refractivity contribution in [3.8, 4) is 5.75 Å². The second-order valence-corrected chi connectivity index (χ2v) is 6.66. The smallest absolute Gasteiger partial charge is 0.167 e. The zero-order valence-corrected chi connectivity index (χ0v) is 13.0. The summed E-state index contributed by atoms with van der Waals surface area (Å²) in [6, 6.07) is 2.52. The lowest BCUT2D eigenvalue weighted by atomic mass is 9.71. The summed E-state index contributed by atoms with van der Waals surface area (Å²) >= 11 is 0. The summed E-state index contributed by atoms with van der Waals surface area (Å²) in [5.41, 5.74) is -0.842. The molecular formula is C16H23F2NO2. The van der Waals surface area contributed by atoms with Crippen LogP contribution in [0.25, 0.3) is 0 Å². The molecule has 1 aromatic carbocycles. The number of aliphatic hydroxyl groups is 1. The molecule has 1 fully saturated rings. The van der Waals surface area contributed by atoms with Gasteiger partial charge < -0.3 is 9.84 Å². The molecule has 118 valence electrons. The Kier molecular flexibility index (Phi) is 4.26. The molecule has 3 nitrogen and oxygen atoms in total. The number of hydrogen-bond acceptors (Lipinski definition) is 3. The average molecular weight is 299 g/mol. The summed E-state index contributed by atoms with van der Waals surface area (Å²) in [6.45, 7) is 7.31. The molecule has 1 heterocycles. The van der Waals surface area contributed by atoms with E-state index in [1.807, 2.05) is 25.7 Å². The Balaban J connectivity index is 2.22. The van der Waals surface area contributed by atoms with Crippen molar-refractivity contribution in [1.29, 1.82) is 0 Å². The lowest BCUT2D eigenvalue weighted by molar-refractivity contribution is -0.107. The van der Waals surface area contributed by atoms with Crippen LogP contribution in [0.15, 0.2) is 12.1 Å². The molecule has 0 bridgehead atoms. The minimum absolute atomic E-state index is 0.231. The zero-order chi connectivity index (χ0) is 15.8. The first-order valence-corrected chi connectivity index (χ1v) is 7.13. The summed E-state index contributed by atoms with van der Waals surface area (Å²) in [4.78, 5) is 2.03. The number of benzene rings is 1. The maximum absolute atomic E-state index is 14.0. The summed E-state index contributed by atoms with van der Waals surface area (Å²) in [5, 5.41) is 10.4. The van der Waals surface area contributed by atoms with Gasteiger partial charge in [0, 0.05) is 30.6 Å². The molecule has 0 radical (unpaired) electrons. The van der Waals surface area contributed by atoms with E-state index in [-0.39, 0.29) is 17.5 Å². The number of ether oxygens (including phenoxy) is 1. The van der Waals surface area contributed by atoms with Crippen LogP contribution in [0.3, 0.4) is 0 Å². The summed E-state index contributed by atoms with van der Waals surface area (Å²) in [6.07, 6.45) is 0.596. The lowest BCUT2D eigenvalue weighted by Crippen LogP contribution is -2.55. The molecule has 21 heavy (non-hydrogen) atoms. The monoisotopic (exact) mass is 299 g/mol. The Labute approximate surface area is 124 Å². The van der Waals surface area contributed by atoms with E-state index in [4.69, 9.17) is 4.74 Å². The van der Waals surface area contributed by atoms with E-state index >= 15 is 0 Å². The second-order valence-electron chi connectivity index (χ2n) is 6.66. The number of likely N-dealkylation sites (tertiary alicyclic amines) is 1. The Hall–Kier alpha value is -1.20. The van der Waals surface area contributed by atoms with E-state index in [9.17, 15) is 13.9 Å². The molecule has 0 aromatic heterocycles. The van der Waals surface area contributed by atoms with Gasteiger partial charge in [-0.1, -0.05) is 13.8 Å². The van der Waals surface area contributed by atoms with Crippen LogP contribution in [0.5, 0.6) is 5.75 Å². The molecule has 0 unspecified atom stereocenters. The zero-order valence-electron chi connectivity index (χ0n) is 13.0. The Morgan fingerprint density at radius 1 is 1.29 bits per heavy atom. The molecule has 1 atom stereocenters. The van der Waals surface area contributed by atoms with Crippen LogP contribution >= 0.6 is 0 Å². The predicted octanol–water partition coefficient (Wildman–Crippen LogP) is 2.96. The molecule has 0 spiro atoms. The van der Waals surface area contributed by atoms with Crippen LogP contribution < -0.4 is 4.74 Å². The topological polar surface area (TPSA) is 32.7 Å². The van der Waals surface area contributed by atoms with Gasteiger partial charge in [0.15, 0.2) is 11.6 Å². The fourth-order valence-electron chi connectivity index (χ4n) is 2.79. The summed E-state index contributed by atoms with van der Waals surface area (Å²) in [7, 11) is 1.45. The average Bonchev–Trinajstić information content (AvgIpc) is 2.40. The lowest BCUT2D eigenvalue weighted by Gasteiger charge is -2.48. The Morgan fingerprint density at radius 2 is 1.95 bits per heavy atom. The third kappa shape index (κ3) is 3.04. The van der Waals surface area contributed by atoms with Gasteiger partial charge in [-0.3, -0.25) is 4.90 Å². The summed E-state index contributed by atoms with van der Waals surface area (Å²) < 4.78 is 32.6. The van der Waals surface area contributed by atoms with Gasteiger partial charge in [0.25, 0.3) is 0 Å². The van der Waals surface area contributed by atoms with Crippen molar-refractivity contribution in [3.63, 3.8) is 0 Å². The van der Waals surface area contributed by atoms with Gasteiger partial charge in [-0.15, -0.1) is 0 Å². The van der Waals surface area contributed by atoms with Crippen LogP contribution in [-0.2, 0) is 6.54 Å². The first kappa shape index (κ1) is 16.2. The van der Waals surface area contributed by atoms with E-state index in [1.165, 1.54) is 13.2 Å². The Morgan fingerprint density at radius 3 is 2.52 bits per heavy atom. The van der Waals surface area contributed by atoms with E-state index < -0.39 is 17.2 Å². The molecule has 1 aliphatic heterocycles. The van der Waals surface area contributed by atoms with Crippen molar-refractivity contribution >= 4 is 0 Å². The van der Waals surface area contributed by atoms with Gasteiger partial charge >= 0.3 is 0 Å². The van der Waals surface area contributed by atoms with Crippen LogP contribution in [0.1, 0.15) is 32.8 Å². The van der Waals surface area contributed by atoms with Gasteiger partial charge in [-0.25, -0.2) is 8.78 Å². The third-order valence-electron chi connectivity index (χ3n) is 4.75. The largest absolute Gasteiger partial charge is 0.496 e. The number of halogens is 2. The first-order valence-electron chi connectivity index (χ1n) is 7.13. The quantitative estimate of drug-likeness (QED) is 0.931. The van der Waals surface area contributed by atoms with Gasteiger partial charge in [0.1, 0.15) is 5.75 Å². The van der Waals surface area contributed by atoms with Gasteiger partial charge in [0.05, 0.1) is 12.7 Å². The van der Waals surface area contributed by atoms with E-state index in [0.717, 1.165) is 6.07 Å². The molecule has 1 aliphatic rings. The molecular weight excluding hydrogens is 276 g/mol. The van der Waals surface area contributed by atoms with Crippen molar-refractivity contribution in [2.45, 2.75) is 39.3 Å². The minimum Gasteiger partial charge on any atom is -0.496 e. The molecule has 0 amide bonds. The van der Waals surface area contributed by atoms with E-state index in [0.29, 0.717) is 25.3 Å². The Bertz CT molecular complexity index is 529. The van der Waals surface area contributed by atoms with Gasteiger partial charge in [0.2, 0.25) is 0 Å². The van der Waals surface area contributed by atoms with Crippen molar-refractivity contribution in [2.75, 3.05) is 20.2 Å². The van der Waals surface area contributed by atoms with Crippen LogP contribution in [-0.4, -0.2) is 35.8 Å². The minimum atomic E-state index is -0.867. The highest BCUT2D eigenvalue weighted by Crippen LogP contribution is 2.39. The van der Waals surface area contributed by atoms with E-state index in [1.54, 1.807) is 0 Å². The number of piperidine rings is 1. The molecule has 2 rings (SSSR count). The number of hydrogen-bond donors (Lipinski definition) is 1. The van der Waals surface area contributed by atoms with Gasteiger partial charge in [-0.2, -0.15) is 0 Å². The fourth-order valence-corrected chi connectivity index (χ4v) is 2.79. The van der Waals surface area contributed by atoms with Crippen LogP contribution in [0, 0.1) is 17.0 Å². The van der Waals surface area contributed by atoms with Crippen LogP contribution in [0.4, 0.5) is 8.78 Å². The molecule has 0 saturated carbocycles. The highest BCUT2D eigenvalue weighted by molar-refractivity contribution is 5.35. The highest BCUT2D eigenvalue weighted by atomic mass is 19.2. The van der Waals surface area contributed by atoms with Crippen molar-refractivity contribution in [2.24, 2.45) is 5.41 Å². The molecule has 1 N–H and O–H groups in total. The maximum atomic E-state index is 14.0.